The van der Waals surface area contributed by atoms with Crippen LogP contribution in [-0.2, 0) is 6.18 Å². The lowest BCUT2D eigenvalue weighted by Crippen LogP contribution is -2.50. The number of halogens is 3. The van der Waals surface area contributed by atoms with Crippen LogP contribution in [0.5, 0.6) is 0 Å². The van der Waals surface area contributed by atoms with Gasteiger partial charge in [-0.2, -0.15) is 32.8 Å². The number of hydrogen-bond acceptors (Lipinski definition) is 6. The van der Waals surface area contributed by atoms with Crippen LogP contribution in [0.1, 0.15) is 12.5 Å². The van der Waals surface area contributed by atoms with E-state index in [1.807, 2.05) is 11.8 Å². The van der Waals surface area contributed by atoms with Crippen molar-refractivity contribution < 1.29 is 13.2 Å². The lowest BCUT2D eigenvalue weighted by Gasteiger charge is -2.33. The second-order valence-corrected chi connectivity index (χ2v) is 4.92. The number of piperazine rings is 1. The molecule has 2 aromatic rings. The smallest absolute Gasteiger partial charge is 0.368 e. The van der Waals surface area contributed by atoms with Gasteiger partial charge in [0, 0.05) is 25.7 Å². The first-order valence-corrected chi connectivity index (χ1v) is 6.43. The first kappa shape index (κ1) is 13.9. The van der Waals surface area contributed by atoms with E-state index in [-0.39, 0.29) is 23.6 Å². The first-order chi connectivity index (χ1) is 9.88. The molecule has 7 nitrogen and oxygen atoms in total. The zero-order valence-electron chi connectivity index (χ0n) is 11.2. The molecule has 1 atom stereocenters. The summed E-state index contributed by atoms with van der Waals surface area (Å²) < 4.78 is 39.8. The van der Waals surface area contributed by atoms with Crippen LogP contribution in [0.4, 0.5) is 25.1 Å². The van der Waals surface area contributed by atoms with E-state index < -0.39 is 11.7 Å². The second kappa shape index (κ2) is 4.72. The van der Waals surface area contributed by atoms with Crippen LogP contribution in [0.2, 0.25) is 0 Å². The van der Waals surface area contributed by atoms with Gasteiger partial charge in [-0.15, -0.1) is 0 Å². The van der Waals surface area contributed by atoms with Gasteiger partial charge in [-0.25, -0.2) is 0 Å². The van der Waals surface area contributed by atoms with Crippen molar-refractivity contribution in [3.63, 3.8) is 0 Å². The highest BCUT2D eigenvalue weighted by molar-refractivity contribution is 5.55. The highest BCUT2D eigenvalue weighted by Crippen LogP contribution is 2.32. The molecule has 0 aromatic carbocycles. The summed E-state index contributed by atoms with van der Waals surface area (Å²) >= 11 is 0. The van der Waals surface area contributed by atoms with E-state index in [9.17, 15) is 13.2 Å². The molecule has 3 heterocycles. The topological polar surface area (TPSA) is 84.4 Å². The molecule has 1 fully saturated rings. The SMILES string of the molecule is CC1CNCCN1c1nc(N)n2ncc(C(F)(F)F)c2n1. The number of nitrogens with two attached hydrogens (primary N) is 1. The van der Waals surface area contributed by atoms with Crippen molar-refractivity contribution in [1.29, 1.82) is 0 Å². The molecule has 0 amide bonds. The number of anilines is 2. The van der Waals surface area contributed by atoms with E-state index in [1.165, 1.54) is 0 Å². The standard InChI is InChI=1S/C11H14F3N7/c1-6-4-16-2-3-20(6)10-18-8-7(11(12,13)14)5-17-21(8)9(15)19-10/h5-6,16H,2-4H2,1H3,(H2,15,18,19). The van der Waals surface area contributed by atoms with Gasteiger partial charge in [-0.1, -0.05) is 0 Å². The number of alkyl halides is 3. The maximum Gasteiger partial charge on any atom is 0.421 e. The summed E-state index contributed by atoms with van der Waals surface area (Å²) in [4.78, 5) is 9.93. The molecule has 1 aliphatic rings. The molecule has 3 rings (SSSR count). The van der Waals surface area contributed by atoms with Crippen molar-refractivity contribution >= 4 is 17.5 Å². The first-order valence-electron chi connectivity index (χ1n) is 6.43. The Morgan fingerprint density at radius 3 is 2.81 bits per heavy atom. The fraction of sp³-hybridized carbons (Fsp3) is 0.545. The maximum atomic E-state index is 13.0. The molecule has 0 bridgehead atoms. The molecule has 21 heavy (non-hydrogen) atoms. The zero-order chi connectivity index (χ0) is 15.2. The van der Waals surface area contributed by atoms with Crippen LogP contribution in [-0.4, -0.2) is 45.3 Å². The molecule has 3 N–H and O–H groups in total. The summed E-state index contributed by atoms with van der Waals surface area (Å²) in [5.74, 6) is 0.0798. The highest BCUT2D eigenvalue weighted by atomic mass is 19.4. The fourth-order valence-electron chi connectivity index (χ4n) is 2.35. The lowest BCUT2D eigenvalue weighted by molar-refractivity contribution is -0.136. The zero-order valence-corrected chi connectivity index (χ0v) is 11.2. The van der Waals surface area contributed by atoms with E-state index in [0.717, 1.165) is 4.52 Å². The van der Waals surface area contributed by atoms with Crippen LogP contribution < -0.4 is 16.0 Å². The van der Waals surface area contributed by atoms with Crippen molar-refractivity contribution in [2.24, 2.45) is 0 Å². The molecular formula is C11H14F3N7. The molecule has 0 aliphatic carbocycles. The molecule has 0 spiro atoms. The number of hydrogen-bond donors (Lipinski definition) is 2. The number of rotatable bonds is 1. The van der Waals surface area contributed by atoms with Gasteiger partial charge < -0.3 is 16.0 Å². The van der Waals surface area contributed by atoms with E-state index in [4.69, 9.17) is 5.73 Å². The summed E-state index contributed by atoms with van der Waals surface area (Å²) in [6.07, 6.45) is -3.82. The number of nitrogens with one attached hydrogen (secondary N) is 1. The molecule has 114 valence electrons. The van der Waals surface area contributed by atoms with Crippen molar-refractivity contribution in [2.45, 2.75) is 19.1 Å². The Morgan fingerprint density at radius 1 is 1.38 bits per heavy atom. The van der Waals surface area contributed by atoms with Gasteiger partial charge in [0.2, 0.25) is 11.9 Å². The maximum absolute atomic E-state index is 13.0. The van der Waals surface area contributed by atoms with Crippen molar-refractivity contribution in [3.05, 3.63) is 11.8 Å². The van der Waals surface area contributed by atoms with Crippen LogP contribution in [0, 0.1) is 0 Å². The van der Waals surface area contributed by atoms with E-state index in [2.05, 4.69) is 20.4 Å². The van der Waals surface area contributed by atoms with Gasteiger partial charge in [-0.05, 0) is 6.92 Å². The minimum absolute atomic E-state index is 0.0675. The van der Waals surface area contributed by atoms with Crippen molar-refractivity contribution in [3.8, 4) is 0 Å². The predicted octanol–water partition coefficient (Wildman–Crippen LogP) is 0.523. The van der Waals surface area contributed by atoms with Crippen molar-refractivity contribution in [2.75, 3.05) is 30.3 Å². The van der Waals surface area contributed by atoms with Crippen LogP contribution in [0.3, 0.4) is 0 Å². The molecule has 2 aromatic heterocycles. The minimum Gasteiger partial charge on any atom is -0.368 e. The minimum atomic E-state index is -4.53. The fourth-order valence-corrected chi connectivity index (χ4v) is 2.35. The lowest BCUT2D eigenvalue weighted by atomic mass is 10.2. The molecule has 1 saturated heterocycles. The van der Waals surface area contributed by atoms with E-state index in [1.54, 1.807) is 0 Å². The van der Waals surface area contributed by atoms with E-state index in [0.29, 0.717) is 25.8 Å². The Hall–Kier alpha value is -2.10. The van der Waals surface area contributed by atoms with Crippen LogP contribution in [0.15, 0.2) is 6.20 Å². The Morgan fingerprint density at radius 2 is 2.14 bits per heavy atom. The average Bonchev–Trinajstić information content (AvgIpc) is 2.83. The van der Waals surface area contributed by atoms with Gasteiger partial charge in [-0.3, -0.25) is 0 Å². The quantitative estimate of drug-likeness (QED) is 0.799. The Balaban J connectivity index is 2.12. The predicted molar refractivity (Wildman–Crippen MR) is 69.9 cm³/mol. The second-order valence-electron chi connectivity index (χ2n) is 4.92. The van der Waals surface area contributed by atoms with Gasteiger partial charge in [0.25, 0.3) is 0 Å². The largest absolute Gasteiger partial charge is 0.421 e. The number of aromatic nitrogens is 4. The summed E-state index contributed by atoms with van der Waals surface area (Å²) in [6.45, 7) is 3.97. The van der Waals surface area contributed by atoms with Crippen molar-refractivity contribution in [1.82, 2.24) is 24.9 Å². The van der Waals surface area contributed by atoms with Gasteiger partial charge in [0.15, 0.2) is 5.65 Å². The molecule has 0 radical (unpaired) electrons. The summed E-state index contributed by atoms with van der Waals surface area (Å²) in [7, 11) is 0. The third kappa shape index (κ3) is 2.35. The Kier molecular flexibility index (Phi) is 3.12. The van der Waals surface area contributed by atoms with E-state index >= 15 is 0 Å². The summed E-state index contributed by atoms with van der Waals surface area (Å²) in [5.41, 5.74) is 4.47. The molecule has 1 aliphatic heterocycles. The summed E-state index contributed by atoms with van der Waals surface area (Å²) in [6, 6.07) is 0.0675. The number of fused-ring (bicyclic) bond motifs is 1. The third-order valence-electron chi connectivity index (χ3n) is 3.44. The monoisotopic (exact) mass is 301 g/mol. The molecular weight excluding hydrogens is 287 g/mol. The molecule has 10 heteroatoms. The Bertz CT molecular complexity index is 666. The summed E-state index contributed by atoms with van der Waals surface area (Å²) in [5, 5.41) is 6.80. The van der Waals surface area contributed by atoms with Gasteiger partial charge in [0.1, 0.15) is 5.56 Å². The average molecular weight is 301 g/mol. The molecule has 0 saturated carbocycles. The van der Waals surface area contributed by atoms with Crippen LogP contribution >= 0.6 is 0 Å². The Labute approximate surface area is 118 Å². The number of nitrogens with zero attached hydrogens (tertiary/aromatic N) is 5. The van der Waals surface area contributed by atoms with Gasteiger partial charge in [0.05, 0.1) is 6.20 Å². The highest BCUT2D eigenvalue weighted by Gasteiger charge is 2.36. The molecule has 1 unspecified atom stereocenters. The normalized spacial score (nSPS) is 20.2. The van der Waals surface area contributed by atoms with Gasteiger partial charge >= 0.3 is 6.18 Å². The number of nitrogen functional groups attached to an aromatic ring is 1. The third-order valence-corrected chi connectivity index (χ3v) is 3.44. The van der Waals surface area contributed by atoms with Crippen LogP contribution in [0.25, 0.3) is 5.65 Å².